The minimum absolute atomic E-state index is 0.962. The van der Waals surface area contributed by atoms with Crippen molar-refractivity contribution < 1.29 is 0 Å². The first-order valence-electron chi connectivity index (χ1n) is 6.01. The van der Waals surface area contributed by atoms with Crippen LogP contribution in [-0.2, 0) is 0 Å². The minimum Gasteiger partial charge on any atom is -0.0851 e. The average molecular weight is 178 g/mol. The van der Waals surface area contributed by atoms with Gasteiger partial charge in [-0.05, 0) is 42.9 Å². The Morgan fingerprint density at radius 2 is 1.92 bits per heavy atom. The van der Waals surface area contributed by atoms with Crippen LogP contribution in [-0.4, -0.2) is 0 Å². The van der Waals surface area contributed by atoms with E-state index in [1.54, 1.807) is 0 Å². The van der Waals surface area contributed by atoms with Crippen LogP contribution in [0, 0.1) is 23.7 Å². The highest BCUT2D eigenvalue weighted by Gasteiger charge is 2.35. The molecule has 2 aliphatic carbocycles. The second kappa shape index (κ2) is 3.86. The summed E-state index contributed by atoms with van der Waals surface area (Å²) in [7, 11) is 0. The molecule has 2 aliphatic rings. The lowest BCUT2D eigenvalue weighted by atomic mass is 9.83. The van der Waals surface area contributed by atoms with Crippen molar-refractivity contribution in [3.8, 4) is 0 Å². The first kappa shape index (κ1) is 9.30. The zero-order chi connectivity index (χ0) is 9.26. The van der Waals surface area contributed by atoms with Crippen molar-refractivity contribution in [1.29, 1.82) is 0 Å². The Hall–Kier alpha value is -0.260. The molecule has 74 valence electrons. The normalized spacial score (nSPS) is 36.4. The van der Waals surface area contributed by atoms with E-state index < -0.39 is 0 Å². The fraction of sp³-hybridized carbons (Fsp3) is 0.846. The Morgan fingerprint density at radius 1 is 1.15 bits per heavy atom. The van der Waals surface area contributed by atoms with Crippen LogP contribution in [0.1, 0.15) is 46.0 Å². The molecule has 0 aromatic carbocycles. The van der Waals surface area contributed by atoms with E-state index in [-0.39, 0.29) is 0 Å². The molecular weight excluding hydrogens is 156 g/mol. The second-order valence-electron chi connectivity index (χ2n) is 4.96. The first-order chi connectivity index (χ1) is 6.33. The van der Waals surface area contributed by atoms with Crippen LogP contribution in [0.25, 0.3) is 0 Å². The topological polar surface area (TPSA) is 0 Å². The molecule has 0 N–H and O–H groups in total. The zero-order valence-electron chi connectivity index (χ0n) is 9.00. The van der Waals surface area contributed by atoms with Gasteiger partial charge in [0.25, 0.3) is 0 Å². The fourth-order valence-electron chi connectivity index (χ4n) is 3.22. The zero-order valence-corrected chi connectivity index (χ0v) is 9.00. The van der Waals surface area contributed by atoms with Crippen molar-refractivity contribution in [3.05, 3.63) is 12.2 Å². The monoisotopic (exact) mass is 178 g/mol. The maximum absolute atomic E-state index is 2.49. The van der Waals surface area contributed by atoms with Crippen molar-refractivity contribution in [2.24, 2.45) is 23.7 Å². The summed E-state index contributed by atoms with van der Waals surface area (Å²) < 4.78 is 0. The van der Waals surface area contributed by atoms with E-state index in [9.17, 15) is 0 Å². The summed E-state index contributed by atoms with van der Waals surface area (Å²) >= 11 is 0. The maximum atomic E-state index is 2.49. The van der Waals surface area contributed by atoms with Gasteiger partial charge in [0.15, 0.2) is 0 Å². The predicted molar refractivity (Wildman–Crippen MR) is 57.5 cm³/mol. The van der Waals surface area contributed by atoms with Gasteiger partial charge in [-0.3, -0.25) is 0 Å². The van der Waals surface area contributed by atoms with E-state index in [2.05, 4.69) is 26.0 Å². The van der Waals surface area contributed by atoms with Gasteiger partial charge in [0, 0.05) is 0 Å². The maximum Gasteiger partial charge on any atom is -0.0199 e. The SMILES string of the molecule is CCC(CC)CC1CC2C=CC1C2. The van der Waals surface area contributed by atoms with Gasteiger partial charge in [-0.25, -0.2) is 0 Å². The van der Waals surface area contributed by atoms with Gasteiger partial charge in [0.1, 0.15) is 0 Å². The first-order valence-corrected chi connectivity index (χ1v) is 6.01. The molecule has 3 atom stereocenters. The molecule has 2 bridgehead atoms. The van der Waals surface area contributed by atoms with Crippen LogP contribution >= 0.6 is 0 Å². The smallest absolute Gasteiger partial charge is 0.0199 e. The number of fused-ring (bicyclic) bond motifs is 2. The Bertz CT molecular complexity index is 188. The lowest BCUT2D eigenvalue weighted by molar-refractivity contribution is 0.317. The summed E-state index contributed by atoms with van der Waals surface area (Å²) in [6.45, 7) is 4.69. The van der Waals surface area contributed by atoms with Gasteiger partial charge in [-0.1, -0.05) is 38.8 Å². The van der Waals surface area contributed by atoms with E-state index >= 15 is 0 Å². The van der Waals surface area contributed by atoms with Crippen molar-refractivity contribution in [1.82, 2.24) is 0 Å². The molecule has 3 unspecified atom stereocenters. The van der Waals surface area contributed by atoms with Crippen LogP contribution in [0.15, 0.2) is 12.2 Å². The Morgan fingerprint density at radius 3 is 2.38 bits per heavy atom. The molecule has 1 fully saturated rings. The molecule has 13 heavy (non-hydrogen) atoms. The third-order valence-corrected chi connectivity index (χ3v) is 4.21. The molecule has 0 amide bonds. The van der Waals surface area contributed by atoms with Gasteiger partial charge >= 0.3 is 0 Å². The van der Waals surface area contributed by atoms with Crippen LogP contribution in [0.5, 0.6) is 0 Å². The van der Waals surface area contributed by atoms with Crippen molar-refractivity contribution in [2.45, 2.75) is 46.0 Å². The van der Waals surface area contributed by atoms with E-state index in [0.29, 0.717) is 0 Å². The van der Waals surface area contributed by atoms with Crippen LogP contribution in [0.3, 0.4) is 0 Å². The molecule has 0 aromatic heterocycles. The number of allylic oxidation sites excluding steroid dienone is 2. The summed E-state index contributed by atoms with van der Waals surface area (Å²) in [4.78, 5) is 0. The fourth-order valence-corrected chi connectivity index (χ4v) is 3.22. The molecule has 0 heteroatoms. The van der Waals surface area contributed by atoms with Crippen LogP contribution in [0.4, 0.5) is 0 Å². The summed E-state index contributed by atoms with van der Waals surface area (Å²) in [5.41, 5.74) is 0. The molecule has 0 saturated heterocycles. The summed E-state index contributed by atoms with van der Waals surface area (Å²) in [6, 6.07) is 0. The predicted octanol–water partition coefficient (Wildman–Crippen LogP) is 4.02. The summed E-state index contributed by atoms with van der Waals surface area (Å²) in [5, 5.41) is 0. The van der Waals surface area contributed by atoms with Gasteiger partial charge in [0.05, 0.1) is 0 Å². The largest absolute Gasteiger partial charge is 0.0851 e. The number of hydrogen-bond acceptors (Lipinski definition) is 0. The molecule has 2 rings (SSSR count). The van der Waals surface area contributed by atoms with Crippen LogP contribution < -0.4 is 0 Å². The lowest BCUT2D eigenvalue weighted by Crippen LogP contribution is -2.12. The molecule has 0 heterocycles. The Labute approximate surface area is 82.4 Å². The molecular formula is C13H22. The standard InChI is InChI=1S/C13H22/c1-3-10(4-2)7-13-9-11-5-6-12(13)8-11/h5-6,10-13H,3-4,7-9H2,1-2H3. The van der Waals surface area contributed by atoms with Gasteiger partial charge < -0.3 is 0 Å². The van der Waals surface area contributed by atoms with E-state index in [1.165, 1.54) is 32.1 Å². The summed E-state index contributed by atoms with van der Waals surface area (Å²) in [6.07, 6.45) is 12.2. The van der Waals surface area contributed by atoms with Gasteiger partial charge in [-0.2, -0.15) is 0 Å². The summed E-state index contributed by atoms with van der Waals surface area (Å²) in [5.74, 6) is 3.97. The molecule has 1 saturated carbocycles. The highest BCUT2D eigenvalue weighted by atomic mass is 14.4. The van der Waals surface area contributed by atoms with Crippen molar-refractivity contribution in [3.63, 3.8) is 0 Å². The Kier molecular flexibility index (Phi) is 2.76. The Balaban J connectivity index is 1.86. The van der Waals surface area contributed by atoms with Gasteiger partial charge in [0.2, 0.25) is 0 Å². The molecule has 0 aromatic rings. The van der Waals surface area contributed by atoms with E-state index in [0.717, 1.165) is 23.7 Å². The number of rotatable bonds is 4. The minimum atomic E-state index is 0.962. The molecule has 0 radical (unpaired) electrons. The number of hydrogen-bond donors (Lipinski definition) is 0. The average Bonchev–Trinajstić information content (AvgIpc) is 2.75. The molecule has 0 spiro atoms. The molecule has 0 nitrogen and oxygen atoms in total. The lowest BCUT2D eigenvalue weighted by Gasteiger charge is -2.22. The van der Waals surface area contributed by atoms with Crippen molar-refractivity contribution >= 4 is 0 Å². The third kappa shape index (κ3) is 1.82. The van der Waals surface area contributed by atoms with Crippen molar-refractivity contribution in [2.75, 3.05) is 0 Å². The van der Waals surface area contributed by atoms with Gasteiger partial charge in [-0.15, -0.1) is 0 Å². The highest BCUT2D eigenvalue weighted by molar-refractivity contribution is 5.10. The second-order valence-corrected chi connectivity index (χ2v) is 4.96. The third-order valence-electron chi connectivity index (χ3n) is 4.21. The molecule has 0 aliphatic heterocycles. The quantitative estimate of drug-likeness (QED) is 0.570. The van der Waals surface area contributed by atoms with E-state index in [1.807, 2.05) is 0 Å². The van der Waals surface area contributed by atoms with E-state index in [4.69, 9.17) is 0 Å². The highest BCUT2D eigenvalue weighted by Crippen LogP contribution is 2.46. The van der Waals surface area contributed by atoms with Crippen LogP contribution in [0.2, 0.25) is 0 Å².